The highest BCUT2D eigenvalue weighted by atomic mass is 16.5. The highest BCUT2D eigenvalue weighted by molar-refractivity contribution is 5.99. The molecule has 2 saturated heterocycles. The van der Waals surface area contributed by atoms with Gasteiger partial charge in [-0.25, -0.2) is 9.59 Å². The van der Waals surface area contributed by atoms with Gasteiger partial charge in [0.25, 0.3) is 0 Å². The summed E-state index contributed by atoms with van der Waals surface area (Å²) in [4.78, 5) is 32.2. The van der Waals surface area contributed by atoms with E-state index in [1.807, 2.05) is 86.6 Å². The molecule has 2 aliphatic heterocycles. The van der Waals surface area contributed by atoms with E-state index in [2.05, 4.69) is 23.0 Å². The molecule has 6 aromatic rings. The number of aliphatic hydroxyl groups is 1. The van der Waals surface area contributed by atoms with Crippen LogP contribution in [0.25, 0.3) is 44.2 Å². The molecule has 0 radical (unpaired) electrons. The Kier molecular flexibility index (Phi) is 13.5. The van der Waals surface area contributed by atoms with Crippen LogP contribution in [0.1, 0.15) is 33.4 Å². The lowest BCUT2D eigenvalue weighted by Gasteiger charge is -2.27. The SMILES string of the molecule is C=CCc1cc2c(-c3ccccc3)c(CN3CCOCC3)c(=O)oc2c(C)c1OCC(O)COc1c(CC=C)cc2c(-c3ccccc3)c(CN3CCOCC3)c(=O)oc2c1C. The van der Waals surface area contributed by atoms with Crippen LogP contribution in [0.2, 0.25) is 0 Å². The van der Waals surface area contributed by atoms with Crippen LogP contribution in [0.15, 0.2) is 117 Å². The van der Waals surface area contributed by atoms with Crippen molar-refractivity contribution in [3.8, 4) is 33.8 Å². The van der Waals surface area contributed by atoms with E-state index in [1.54, 1.807) is 12.2 Å². The lowest BCUT2D eigenvalue weighted by atomic mass is 9.93. The number of morpholine rings is 2. The number of aryl methyl sites for hydroxylation is 2. The maximum absolute atomic E-state index is 13.9. The summed E-state index contributed by atoms with van der Waals surface area (Å²) in [6.07, 6.45) is 3.52. The Hall–Kier alpha value is -5.82. The van der Waals surface area contributed by atoms with Crippen molar-refractivity contribution >= 4 is 21.9 Å². The molecule has 0 aliphatic carbocycles. The Balaban J connectivity index is 1.09. The molecule has 0 atom stereocenters. The van der Waals surface area contributed by atoms with Gasteiger partial charge in [0.2, 0.25) is 0 Å². The molecular formula is C51H54N2O9. The Morgan fingerprint density at radius 3 is 1.40 bits per heavy atom. The summed E-state index contributed by atoms with van der Waals surface area (Å²) >= 11 is 0. The van der Waals surface area contributed by atoms with Crippen LogP contribution in [0.3, 0.4) is 0 Å². The second-order valence-corrected chi connectivity index (χ2v) is 16.0. The van der Waals surface area contributed by atoms with Crippen molar-refractivity contribution in [2.75, 3.05) is 65.8 Å². The van der Waals surface area contributed by atoms with Gasteiger partial charge in [0.1, 0.15) is 42.0 Å². The normalized spacial score (nSPS) is 15.0. The predicted octanol–water partition coefficient (Wildman–Crippen LogP) is 7.79. The van der Waals surface area contributed by atoms with Gasteiger partial charge in [-0.3, -0.25) is 9.80 Å². The molecular weight excluding hydrogens is 785 g/mol. The second-order valence-electron chi connectivity index (χ2n) is 16.0. The van der Waals surface area contributed by atoms with Crippen LogP contribution in [-0.4, -0.2) is 86.8 Å². The number of hydrogen-bond donors (Lipinski definition) is 1. The summed E-state index contributed by atoms with van der Waals surface area (Å²) in [6.45, 7) is 17.8. The number of hydrogen-bond acceptors (Lipinski definition) is 11. The fourth-order valence-electron chi connectivity index (χ4n) is 8.72. The summed E-state index contributed by atoms with van der Waals surface area (Å²) in [5, 5.41) is 13.0. The maximum Gasteiger partial charge on any atom is 0.341 e. The van der Waals surface area contributed by atoms with E-state index in [4.69, 9.17) is 27.8 Å². The smallest absolute Gasteiger partial charge is 0.341 e. The van der Waals surface area contributed by atoms with E-state index < -0.39 is 17.4 Å². The van der Waals surface area contributed by atoms with E-state index in [0.717, 1.165) is 70.3 Å². The first-order valence-electron chi connectivity index (χ1n) is 21.4. The minimum Gasteiger partial charge on any atom is -0.490 e. The van der Waals surface area contributed by atoms with Crippen LogP contribution in [0, 0.1) is 13.8 Å². The molecule has 2 aliphatic rings. The van der Waals surface area contributed by atoms with Crippen LogP contribution < -0.4 is 20.7 Å². The minimum atomic E-state index is -1.06. The Morgan fingerprint density at radius 1 is 0.645 bits per heavy atom. The predicted molar refractivity (Wildman–Crippen MR) is 242 cm³/mol. The highest BCUT2D eigenvalue weighted by Gasteiger charge is 2.26. The third kappa shape index (κ3) is 9.04. The minimum absolute atomic E-state index is 0.108. The lowest BCUT2D eigenvalue weighted by Crippen LogP contribution is -2.37. The molecule has 11 nitrogen and oxygen atoms in total. The summed E-state index contributed by atoms with van der Waals surface area (Å²) in [5.74, 6) is 1.02. The number of rotatable bonds is 16. The van der Waals surface area contributed by atoms with Gasteiger partial charge in [-0.05, 0) is 61.1 Å². The topological polar surface area (TPSA) is 124 Å². The van der Waals surface area contributed by atoms with Crippen molar-refractivity contribution in [2.24, 2.45) is 0 Å². The Bertz CT molecular complexity index is 2490. The first-order valence-corrected chi connectivity index (χ1v) is 21.4. The third-order valence-electron chi connectivity index (χ3n) is 11.8. The van der Waals surface area contributed by atoms with Crippen molar-refractivity contribution in [1.82, 2.24) is 9.80 Å². The Labute approximate surface area is 361 Å². The van der Waals surface area contributed by atoms with Gasteiger partial charge in [0.05, 0.1) is 37.6 Å². The van der Waals surface area contributed by atoms with Gasteiger partial charge >= 0.3 is 11.3 Å². The van der Waals surface area contributed by atoms with Gasteiger partial charge in [-0.1, -0.05) is 72.8 Å². The number of fused-ring (bicyclic) bond motifs is 2. The summed E-state index contributed by atoms with van der Waals surface area (Å²) in [7, 11) is 0. The van der Waals surface area contributed by atoms with Crippen molar-refractivity contribution < 1.29 is 32.9 Å². The molecule has 0 saturated carbocycles. The zero-order valence-electron chi connectivity index (χ0n) is 35.6. The standard InChI is InChI=1S/C51H54N2O9/c1-5-13-37-27-40-44(35-15-9-7-10-16-35)42(29-52-19-23-57-24-20-52)50(55)61-48(40)33(3)46(37)59-31-39(54)32-60-47-34(4)49-41(28-38(47)14-6-2)45(36-17-11-8-12-18-36)43(51(56)62-49)30-53-21-25-58-26-22-53/h5-12,15-18,27-28,39,54H,1-2,13-14,19-26,29-32H2,3-4H3. The van der Waals surface area contributed by atoms with Crippen molar-refractivity contribution in [3.63, 3.8) is 0 Å². The molecule has 1 N–H and O–H groups in total. The van der Waals surface area contributed by atoms with Crippen molar-refractivity contribution in [1.29, 1.82) is 0 Å². The molecule has 11 heteroatoms. The van der Waals surface area contributed by atoms with Crippen LogP contribution in [0.4, 0.5) is 0 Å². The fraction of sp³-hybridized carbons (Fsp3) is 0.333. The number of nitrogens with zero attached hydrogens (tertiary/aromatic N) is 2. The molecule has 322 valence electrons. The highest BCUT2D eigenvalue weighted by Crippen LogP contribution is 2.40. The van der Waals surface area contributed by atoms with Gasteiger partial charge in [0, 0.05) is 72.3 Å². The zero-order chi connectivity index (χ0) is 43.2. The van der Waals surface area contributed by atoms with Crippen molar-refractivity contribution in [3.05, 3.63) is 152 Å². The quantitative estimate of drug-likeness (QED) is 0.0759. The number of allylic oxidation sites excluding steroid dienone is 2. The molecule has 4 aromatic carbocycles. The third-order valence-corrected chi connectivity index (χ3v) is 11.8. The molecule has 0 bridgehead atoms. The molecule has 2 aromatic heterocycles. The van der Waals surface area contributed by atoms with Crippen molar-refractivity contribution in [2.45, 2.75) is 45.9 Å². The maximum atomic E-state index is 13.9. The Morgan fingerprint density at radius 2 is 1.03 bits per heavy atom. The average molecular weight is 839 g/mol. The van der Waals surface area contributed by atoms with Crippen LogP contribution in [0.5, 0.6) is 11.5 Å². The van der Waals surface area contributed by atoms with Crippen LogP contribution >= 0.6 is 0 Å². The van der Waals surface area contributed by atoms with E-state index in [9.17, 15) is 14.7 Å². The number of ether oxygens (including phenoxy) is 4. The van der Waals surface area contributed by atoms with Gasteiger partial charge < -0.3 is 32.9 Å². The molecule has 62 heavy (non-hydrogen) atoms. The van der Waals surface area contributed by atoms with E-state index in [1.165, 1.54) is 0 Å². The van der Waals surface area contributed by atoms with Gasteiger partial charge in [0.15, 0.2) is 0 Å². The molecule has 2 fully saturated rings. The summed E-state index contributed by atoms with van der Waals surface area (Å²) in [6, 6.07) is 23.9. The second kappa shape index (κ2) is 19.5. The number of benzene rings is 4. The monoisotopic (exact) mass is 838 g/mol. The molecule has 8 rings (SSSR count). The van der Waals surface area contributed by atoms with E-state index >= 15 is 0 Å². The lowest BCUT2D eigenvalue weighted by molar-refractivity contribution is 0.0338. The summed E-state index contributed by atoms with van der Waals surface area (Å²) < 4.78 is 36.2. The van der Waals surface area contributed by atoms with E-state index in [-0.39, 0.29) is 13.2 Å². The van der Waals surface area contributed by atoms with Gasteiger partial charge in [-0.15, -0.1) is 13.2 Å². The molecule has 0 spiro atoms. The first kappa shape index (κ1) is 42.9. The largest absolute Gasteiger partial charge is 0.490 e. The molecule has 0 amide bonds. The number of aliphatic hydroxyl groups excluding tert-OH is 1. The first-order chi connectivity index (χ1) is 30.2. The average Bonchev–Trinajstić information content (AvgIpc) is 3.29. The van der Waals surface area contributed by atoms with Crippen LogP contribution in [-0.2, 0) is 35.4 Å². The molecule has 4 heterocycles. The summed E-state index contributed by atoms with van der Waals surface area (Å²) in [5.41, 5.74) is 7.74. The fourth-order valence-corrected chi connectivity index (χ4v) is 8.72. The van der Waals surface area contributed by atoms with Gasteiger partial charge in [-0.2, -0.15) is 0 Å². The molecule has 0 unspecified atom stereocenters. The zero-order valence-corrected chi connectivity index (χ0v) is 35.6. The van der Waals surface area contributed by atoms with E-state index in [0.29, 0.717) is 97.3 Å².